The lowest BCUT2D eigenvalue weighted by Gasteiger charge is -2.08. The number of Topliss-reactive ketones (excluding diaryl/α,β-unsaturated/α-hetero) is 2. The molecule has 0 aromatic heterocycles. The van der Waals surface area contributed by atoms with E-state index in [9.17, 15) is 18.0 Å². The third kappa shape index (κ3) is 2.96. The molecule has 6 nitrogen and oxygen atoms in total. The summed E-state index contributed by atoms with van der Waals surface area (Å²) in [6.45, 7) is 0.589. The second-order valence-electron chi connectivity index (χ2n) is 5.09. The van der Waals surface area contributed by atoms with E-state index in [1.807, 2.05) is 0 Å². The SMILES string of the molecule is O=C(c1ccc(C(=O)C2CCOS2(=O)=O)cc1)C1CCOS1. The van der Waals surface area contributed by atoms with E-state index in [1.54, 1.807) is 12.1 Å². The van der Waals surface area contributed by atoms with Crippen molar-refractivity contribution in [1.29, 1.82) is 0 Å². The van der Waals surface area contributed by atoms with Crippen LogP contribution >= 0.6 is 12.0 Å². The zero-order valence-electron chi connectivity index (χ0n) is 11.6. The van der Waals surface area contributed by atoms with Crippen LogP contribution in [0.4, 0.5) is 0 Å². The number of ketones is 2. The summed E-state index contributed by atoms with van der Waals surface area (Å²) in [5, 5.41) is -1.36. The minimum Gasteiger partial charge on any atom is -0.315 e. The molecular formula is C14H14O6S2. The summed E-state index contributed by atoms with van der Waals surface area (Å²) in [5.74, 6) is -0.534. The van der Waals surface area contributed by atoms with E-state index in [0.29, 0.717) is 18.6 Å². The van der Waals surface area contributed by atoms with E-state index in [0.717, 1.165) is 12.0 Å². The molecule has 22 heavy (non-hydrogen) atoms. The quantitative estimate of drug-likeness (QED) is 0.467. The van der Waals surface area contributed by atoms with Crippen LogP contribution in [0.5, 0.6) is 0 Å². The van der Waals surface area contributed by atoms with E-state index < -0.39 is 21.2 Å². The summed E-state index contributed by atoms with van der Waals surface area (Å²) in [6.07, 6.45) is 0.833. The molecule has 0 N–H and O–H groups in total. The van der Waals surface area contributed by atoms with Gasteiger partial charge in [-0.15, -0.1) is 0 Å². The molecule has 0 bridgehead atoms. The molecule has 0 radical (unpaired) electrons. The van der Waals surface area contributed by atoms with Crippen molar-refractivity contribution in [3.05, 3.63) is 35.4 Å². The van der Waals surface area contributed by atoms with Gasteiger partial charge in [-0.3, -0.25) is 13.8 Å². The van der Waals surface area contributed by atoms with Gasteiger partial charge in [-0.25, -0.2) is 0 Å². The Labute approximate surface area is 132 Å². The molecule has 2 aliphatic heterocycles. The maximum absolute atomic E-state index is 12.2. The minimum atomic E-state index is -3.81. The Morgan fingerprint density at radius 3 is 2.14 bits per heavy atom. The van der Waals surface area contributed by atoms with Crippen molar-refractivity contribution in [1.82, 2.24) is 0 Å². The summed E-state index contributed by atoms with van der Waals surface area (Å²) < 4.78 is 32.9. The molecule has 0 spiro atoms. The lowest BCUT2D eigenvalue weighted by atomic mass is 10.0. The first-order valence-electron chi connectivity index (χ1n) is 6.84. The van der Waals surface area contributed by atoms with Gasteiger partial charge >= 0.3 is 0 Å². The van der Waals surface area contributed by atoms with Crippen molar-refractivity contribution < 1.29 is 26.4 Å². The lowest BCUT2D eigenvalue weighted by Crippen LogP contribution is -2.25. The van der Waals surface area contributed by atoms with Gasteiger partial charge in [-0.05, 0) is 12.8 Å². The molecule has 0 amide bonds. The van der Waals surface area contributed by atoms with Crippen LogP contribution in [0.25, 0.3) is 0 Å². The number of hydrogen-bond acceptors (Lipinski definition) is 7. The number of carbonyl (C=O) groups is 2. The van der Waals surface area contributed by atoms with Crippen LogP contribution in [0.2, 0.25) is 0 Å². The molecule has 2 unspecified atom stereocenters. The van der Waals surface area contributed by atoms with Crippen molar-refractivity contribution >= 4 is 33.7 Å². The van der Waals surface area contributed by atoms with Crippen LogP contribution in [0.1, 0.15) is 33.6 Å². The molecule has 2 aliphatic rings. The average molecular weight is 342 g/mol. The molecule has 2 saturated heterocycles. The number of rotatable bonds is 4. The summed E-state index contributed by atoms with van der Waals surface area (Å²) in [6, 6.07) is 6.08. The largest absolute Gasteiger partial charge is 0.315 e. The fourth-order valence-electron chi connectivity index (χ4n) is 2.44. The second-order valence-corrected chi connectivity index (χ2v) is 7.88. The minimum absolute atomic E-state index is 0.0359. The molecule has 1 aromatic carbocycles. The Morgan fingerprint density at radius 2 is 1.64 bits per heavy atom. The molecule has 8 heteroatoms. The zero-order chi connectivity index (χ0) is 15.7. The van der Waals surface area contributed by atoms with Gasteiger partial charge in [0.1, 0.15) is 0 Å². The first-order valence-corrected chi connectivity index (χ1v) is 9.12. The van der Waals surface area contributed by atoms with Crippen molar-refractivity contribution in [2.45, 2.75) is 23.3 Å². The van der Waals surface area contributed by atoms with Gasteiger partial charge < -0.3 is 4.18 Å². The molecule has 2 atom stereocenters. The van der Waals surface area contributed by atoms with Crippen molar-refractivity contribution in [3.8, 4) is 0 Å². The highest BCUT2D eigenvalue weighted by Gasteiger charge is 2.39. The van der Waals surface area contributed by atoms with Crippen LogP contribution in [0.3, 0.4) is 0 Å². The Hall–Kier alpha value is -1.22. The van der Waals surface area contributed by atoms with Crippen LogP contribution in [0.15, 0.2) is 24.3 Å². The maximum atomic E-state index is 12.2. The Bertz CT molecular complexity index is 689. The normalized spacial score (nSPS) is 26.9. The first-order chi connectivity index (χ1) is 10.5. The summed E-state index contributed by atoms with van der Waals surface area (Å²) in [5.41, 5.74) is 0.760. The van der Waals surface area contributed by atoms with Crippen molar-refractivity contribution in [2.75, 3.05) is 13.2 Å². The first kappa shape index (κ1) is 15.7. The zero-order valence-corrected chi connectivity index (χ0v) is 13.2. The van der Waals surface area contributed by atoms with Gasteiger partial charge in [0, 0.05) is 23.2 Å². The van der Waals surface area contributed by atoms with Crippen LogP contribution < -0.4 is 0 Å². The molecule has 3 rings (SSSR count). The maximum Gasteiger partial charge on any atom is 0.277 e. The van der Waals surface area contributed by atoms with E-state index >= 15 is 0 Å². The molecule has 2 heterocycles. The Morgan fingerprint density at radius 1 is 1.00 bits per heavy atom. The fourth-order valence-corrected chi connectivity index (χ4v) is 4.49. The molecule has 118 valence electrons. The van der Waals surface area contributed by atoms with Crippen molar-refractivity contribution in [2.24, 2.45) is 0 Å². The smallest absolute Gasteiger partial charge is 0.277 e. The lowest BCUT2D eigenvalue weighted by molar-refractivity contribution is 0.0976. The summed E-state index contributed by atoms with van der Waals surface area (Å²) in [4.78, 5) is 24.4. The van der Waals surface area contributed by atoms with Gasteiger partial charge in [0.25, 0.3) is 10.1 Å². The van der Waals surface area contributed by atoms with Gasteiger partial charge in [-0.1, -0.05) is 24.3 Å². The highest BCUT2D eigenvalue weighted by atomic mass is 32.2. The highest BCUT2D eigenvalue weighted by molar-refractivity contribution is 7.96. The third-order valence-corrected chi connectivity index (χ3v) is 6.29. The number of hydrogen-bond donors (Lipinski definition) is 0. The standard InChI is InChI=1S/C14H14O6S2/c15-13(11-5-7-19-21-11)9-1-3-10(4-2-9)14(16)12-6-8-20-22(12,17)18/h1-4,11-12H,5-8H2. The molecule has 2 fully saturated rings. The summed E-state index contributed by atoms with van der Waals surface area (Å²) >= 11 is 1.16. The number of benzene rings is 1. The molecule has 0 aliphatic carbocycles. The second kappa shape index (κ2) is 6.11. The van der Waals surface area contributed by atoms with E-state index in [-0.39, 0.29) is 29.6 Å². The Kier molecular flexibility index (Phi) is 4.35. The van der Waals surface area contributed by atoms with Gasteiger partial charge in [0.15, 0.2) is 16.8 Å². The Balaban J connectivity index is 1.76. The molecule has 0 saturated carbocycles. The monoisotopic (exact) mass is 342 g/mol. The van der Waals surface area contributed by atoms with Crippen LogP contribution in [-0.2, 0) is 18.5 Å². The fraction of sp³-hybridized carbons (Fsp3) is 0.429. The van der Waals surface area contributed by atoms with E-state index in [4.69, 9.17) is 4.18 Å². The third-order valence-electron chi connectivity index (χ3n) is 3.66. The predicted octanol–water partition coefficient (Wildman–Crippen LogP) is 1.61. The summed E-state index contributed by atoms with van der Waals surface area (Å²) in [7, 11) is -3.81. The molecule has 1 aromatic rings. The van der Waals surface area contributed by atoms with Gasteiger partial charge in [-0.2, -0.15) is 8.42 Å². The molecular weight excluding hydrogens is 328 g/mol. The van der Waals surface area contributed by atoms with Crippen LogP contribution in [0, 0.1) is 0 Å². The van der Waals surface area contributed by atoms with Gasteiger partial charge in [0.05, 0.1) is 18.5 Å². The number of carbonyl (C=O) groups excluding carboxylic acids is 2. The van der Waals surface area contributed by atoms with Crippen LogP contribution in [-0.4, -0.2) is 43.7 Å². The highest BCUT2D eigenvalue weighted by Crippen LogP contribution is 2.28. The van der Waals surface area contributed by atoms with E-state index in [1.165, 1.54) is 12.1 Å². The topological polar surface area (TPSA) is 86.7 Å². The van der Waals surface area contributed by atoms with E-state index in [2.05, 4.69) is 4.18 Å². The predicted molar refractivity (Wildman–Crippen MR) is 80.3 cm³/mol. The van der Waals surface area contributed by atoms with Gasteiger partial charge in [0.2, 0.25) is 0 Å². The average Bonchev–Trinajstić information content (AvgIpc) is 3.15. The van der Waals surface area contributed by atoms with Crippen molar-refractivity contribution in [3.63, 3.8) is 0 Å².